The van der Waals surface area contributed by atoms with Crippen LogP contribution in [0.25, 0.3) is 0 Å². The summed E-state index contributed by atoms with van der Waals surface area (Å²) >= 11 is 9.20. The van der Waals surface area contributed by atoms with Gasteiger partial charge in [-0.05, 0) is 53.9 Å². The standard InChI is InChI=1S/C12H14BrClF3N/c1-8(3-2-6-12(15,16)17)18-9-4-5-10(13)11(14)7-9/h4-5,7-8,18H,2-3,6H2,1H3. The molecule has 1 atom stereocenters. The molecule has 0 heterocycles. The second kappa shape index (κ2) is 6.66. The fourth-order valence-corrected chi connectivity index (χ4v) is 1.98. The summed E-state index contributed by atoms with van der Waals surface area (Å²) in [7, 11) is 0. The Bertz CT molecular complexity index is 395. The summed E-state index contributed by atoms with van der Waals surface area (Å²) in [5.41, 5.74) is 0.808. The van der Waals surface area contributed by atoms with E-state index in [0.29, 0.717) is 11.4 Å². The Hall–Kier alpha value is -0.420. The fourth-order valence-electron chi connectivity index (χ4n) is 1.55. The summed E-state index contributed by atoms with van der Waals surface area (Å²) in [5, 5.41) is 3.70. The van der Waals surface area contributed by atoms with Crippen LogP contribution in [-0.4, -0.2) is 12.2 Å². The quantitative estimate of drug-likeness (QED) is 0.729. The Kier molecular flexibility index (Phi) is 5.79. The van der Waals surface area contributed by atoms with Crippen molar-refractivity contribution >= 4 is 33.2 Å². The van der Waals surface area contributed by atoms with Crippen LogP contribution in [-0.2, 0) is 0 Å². The monoisotopic (exact) mass is 343 g/mol. The van der Waals surface area contributed by atoms with Gasteiger partial charge in [0.1, 0.15) is 0 Å². The minimum absolute atomic E-state index is 0.0235. The van der Waals surface area contributed by atoms with Gasteiger partial charge in [-0.1, -0.05) is 11.6 Å². The van der Waals surface area contributed by atoms with E-state index in [2.05, 4.69) is 21.2 Å². The first-order valence-corrected chi connectivity index (χ1v) is 6.73. The van der Waals surface area contributed by atoms with Crippen molar-refractivity contribution in [1.82, 2.24) is 0 Å². The second-order valence-corrected chi connectivity index (χ2v) is 5.44. The number of anilines is 1. The number of nitrogens with one attached hydrogen (secondary N) is 1. The first-order chi connectivity index (χ1) is 8.28. The predicted octanol–water partition coefficient (Wildman–Crippen LogP) is 5.64. The maximum absolute atomic E-state index is 12.0. The van der Waals surface area contributed by atoms with Crippen LogP contribution in [0, 0.1) is 0 Å². The number of rotatable bonds is 5. The Morgan fingerprint density at radius 1 is 1.39 bits per heavy atom. The summed E-state index contributed by atoms with van der Waals surface area (Å²) in [5.74, 6) is 0. The molecular formula is C12H14BrClF3N. The summed E-state index contributed by atoms with van der Waals surface area (Å²) in [6.07, 6.45) is -4.21. The van der Waals surface area contributed by atoms with Crippen LogP contribution in [0.3, 0.4) is 0 Å². The Morgan fingerprint density at radius 2 is 2.06 bits per heavy atom. The summed E-state index contributed by atoms with van der Waals surface area (Å²) in [6, 6.07) is 5.35. The van der Waals surface area contributed by atoms with Crippen LogP contribution in [0.4, 0.5) is 18.9 Å². The maximum Gasteiger partial charge on any atom is 0.389 e. The zero-order valence-corrected chi connectivity index (χ0v) is 12.2. The van der Waals surface area contributed by atoms with Crippen molar-refractivity contribution in [3.63, 3.8) is 0 Å². The molecule has 0 bridgehead atoms. The molecule has 102 valence electrons. The molecule has 0 radical (unpaired) electrons. The van der Waals surface area contributed by atoms with Crippen LogP contribution in [0.15, 0.2) is 22.7 Å². The lowest BCUT2D eigenvalue weighted by Gasteiger charge is -2.16. The Balaban J connectivity index is 2.40. The molecule has 0 saturated carbocycles. The van der Waals surface area contributed by atoms with E-state index in [4.69, 9.17) is 11.6 Å². The predicted molar refractivity (Wildman–Crippen MR) is 72.1 cm³/mol. The SMILES string of the molecule is CC(CCCC(F)(F)F)Nc1ccc(Br)c(Cl)c1. The number of halogens is 5. The minimum atomic E-state index is -4.07. The second-order valence-electron chi connectivity index (χ2n) is 4.18. The van der Waals surface area contributed by atoms with Gasteiger partial charge in [0.15, 0.2) is 0 Å². The van der Waals surface area contributed by atoms with Crippen LogP contribution >= 0.6 is 27.5 Å². The lowest BCUT2D eigenvalue weighted by Crippen LogP contribution is -2.16. The molecule has 1 nitrogen and oxygen atoms in total. The zero-order valence-electron chi connectivity index (χ0n) is 9.82. The lowest BCUT2D eigenvalue weighted by molar-refractivity contribution is -0.135. The Labute approximate surface area is 118 Å². The smallest absolute Gasteiger partial charge is 0.383 e. The van der Waals surface area contributed by atoms with Gasteiger partial charge in [-0.3, -0.25) is 0 Å². The molecule has 1 unspecified atom stereocenters. The molecule has 0 aromatic heterocycles. The summed E-state index contributed by atoms with van der Waals surface area (Å²) in [6.45, 7) is 1.85. The summed E-state index contributed by atoms with van der Waals surface area (Å²) < 4.78 is 36.8. The van der Waals surface area contributed by atoms with E-state index < -0.39 is 12.6 Å². The van der Waals surface area contributed by atoms with E-state index in [1.807, 2.05) is 13.0 Å². The molecule has 1 N–H and O–H groups in total. The van der Waals surface area contributed by atoms with Gasteiger partial charge in [0, 0.05) is 22.6 Å². The third-order valence-corrected chi connectivity index (χ3v) is 3.66. The van der Waals surface area contributed by atoms with Gasteiger partial charge < -0.3 is 5.32 Å². The van der Waals surface area contributed by atoms with E-state index >= 15 is 0 Å². The topological polar surface area (TPSA) is 12.0 Å². The number of benzene rings is 1. The summed E-state index contributed by atoms with van der Waals surface area (Å²) in [4.78, 5) is 0. The molecule has 0 aliphatic heterocycles. The van der Waals surface area contributed by atoms with E-state index in [1.54, 1.807) is 12.1 Å². The molecular weight excluding hydrogens is 330 g/mol. The molecule has 1 aromatic rings. The van der Waals surface area contributed by atoms with Crippen molar-refractivity contribution in [2.24, 2.45) is 0 Å². The largest absolute Gasteiger partial charge is 0.389 e. The highest BCUT2D eigenvalue weighted by atomic mass is 79.9. The number of hydrogen-bond donors (Lipinski definition) is 1. The van der Waals surface area contributed by atoms with Crippen LogP contribution in [0.2, 0.25) is 5.02 Å². The van der Waals surface area contributed by atoms with Crippen molar-refractivity contribution in [3.8, 4) is 0 Å². The molecule has 0 saturated heterocycles. The van der Waals surface area contributed by atoms with Gasteiger partial charge in [-0.25, -0.2) is 0 Å². The lowest BCUT2D eigenvalue weighted by atomic mass is 10.1. The van der Waals surface area contributed by atoms with E-state index in [1.165, 1.54) is 0 Å². The van der Waals surface area contributed by atoms with Crippen molar-refractivity contribution < 1.29 is 13.2 Å². The van der Waals surface area contributed by atoms with Crippen molar-refractivity contribution in [3.05, 3.63) is 27.7 Å². The van der Waals surface area contributed by atoms with Gasteiger partial charge in [-0.15, -0.1) is 0 Å². The number of alkyl halides is 3. The molecule has 0 aliphatic carbocycles. The van der Waals surface area contributed by atoms with Crippen LogP contribution in [0.1, 0.15) is 26.2 Å². The van der Waals surface area contributed by atoms with Crippen molar-refractivity contribution in [2.45, 2.75) is 38.4 Å². The molecule has 0 fully saturated rings. The van der Waals surface area contributed by atoms with E-state index in [-0.39, 0.29) is 12.5 Å². The molecule has 18 heavy (non-hydrogen) atoms. The molecule has 1 rings (SSSR count). The normalized spacial score (nSPS) is 13.4. The van der Waals surface area contributed by atoms with Crippen molar-refractivity contribution in [1.29, 1.82) is 0 Å². The first kappa shape index (κ1) is 15.6. The molecule has 6 heteroatoms. The van der Waals surface area contributed by atoms with Crippen molar-refractivity contribution in [2.75, 3.05) is 5.32 Å². The third-order valence-electron chi connectivity index (χ3n) is 2.43. The maximum atomic E-state index is 12.0. The third kappa shape index (κ3) is 5.96. The zero-order chi connectivity index (χ0) is 13.8. The molecule has 0 amide bonds. The van der Waals surface area contributed by atoms with Gasteiger partial charge in [0.05, 0.1) is 5.02 Å². The molecule has 0 spiro atoms. The Morgan fingerprint density at radius 3 is 2.61 bits per heavy atom. The van der Waals surface area contributed by atoms with Crippen LogP contribution in [0.5, 0.6) is 0 Å². The number of hydrogen-bond acceptors (Lipinski definition) is 1. The van der Waals surface area contributed by atoms with E-state index in [0.717, 1.165) is 10.2 Å². The average molecular weight is 345 g/mol. The van der Waals surface area contributed by atoms with Crippen LogP contribution < -0.4 is 5.32 Å². The first-order valence-electron chi connectivity index (χ1n) is 5.56. The highest BCUT2D eigenvalue weighted by Crippen LogP contribution is 2.27. The molecule has 0 aliphatic rings. The van der Waals surface area contributed by atoms with Gasteiger partial charge in [-0.2, -0.15) is 13.2 Å². The highest BCUT2D eigenvalue weighted by molar-refractivity contribution is 9.10. The average Bonchev–Trinajstić information content (AvgIpc) is 2.21. The minimum Gasteiger partial charge on any atom is -0.383 e. The van der Waals surface area contributed by atoms with Gasteiger partial charge >= 0.3 is 6.18 Å². The van der Waals surface area contributed by atoms with Gasteiger partial charge in [0.2, 0.25) is 0 Å². The molecule has 1 aromatic carbocycles. The fraction of sp³-hybridized carbons (Fsp3) is 0.500. The van der Waals surface area contributed by atoms with Gasteiger partial charge in [0.25, 0.3) is 0 Å². The van der Waals surface area contributed by atoms with E-state index in [9.17, 15) is 13.2 Å². The highest BCUT2D eigenvalue weighted by Gasteiger charge is 2.26.